The third-order valence-electron chi connectivity index (χ3n) is 7.05. The van der Waals surface area contributed by atoms with Crippen LogP contribution in [0.25, 0.3) is 0 Å². The van der Waals surface area contributed by atoms with Gasteiger partial charge in [0.25, 0.3) is 5.91 Å². The maximum absolute atomic E-state index is 13.1. The Morgan fingerprint density at radius 3 is 2.75 bits per heavy atom. The van der Waals surface area contributed by atoms with Gasteiger partial charge in [-0.3, -0.25) is 14.5 Å². The first-order valence-electron chi connectivity index (χ1n) is 11.1. The van der Waals surface area contributed by atoms with E-state index < -0.39 is 0 Å². The van der Waals surface area contributed by atoms with Gasteiger partial charge in [0.1, 0.15) is 5.76 Å². The van der Waals surface area contributed by atoms with Crippen molar-refractivity contribution in [2.24, 2.45) is 17.8 Å². The molecule has 4 atom stereocenters. The zero-order valence-electron chi connectivity index (χ0n) is 17.5. The summed E-state index contributed by atoms with van der Waals surface area (Å²) in [6.07, 6.45) is 7.59. The molecule has 1 amide bonds. The summed E-state index contributed by atoms with van der Waals surface area (Å²) in [7, 11) is 0. The van der Waals surface area contributed by atoms with Crippen LogP contribution in [0.1, 0.15) is 68.7 Å². The number of likely N-dealkylation sites (tertiary alicyclic amines) is 1. The number of rotatable bonds is 4. The van der Waals surface area contributed by atoms with Crippen LogP contribution in [-0.2, 0) is 0 Å². The van der Waals surface area contributed by atoms with Crippen LogP contribution in [0.3, 0.4) is 0 Å². The molecule has 0 N–H and O–H groups in total. The van der Waals surface area contributed by atoms with E-state index in [9.17, 15) is 9.59 Å². The van der Waals surface area contributed by atoms with Gasteiger partial charge < -0.3 is 9.32 Å². The standard InChI is InChI=1S/C23H34N2O3/c1-15(2)7-8-21-18-11-17(20-6-4-5-9-25(20)21)13-24(14-18)23(27)22-12-19(26)10-16(3)28-22/h10,12,15,17-18,20-21H,4-9,11,13-14H2,1-3H3/t17-,18+,20+,21+/m1/s1. The van der Waals surface area contributed by atoms with Gasteiger partial charge in [-0.25, -0.2) is 0 Å². The normalized spacial score (nSPS) is 30.4. The van der Waals surface area contributed by atoms with Gasteiger partial charge in [-0.1, -0.05) is 20.3 Å². The summed E-state index contributed by atoms with van der Waals surface area (Å²) < 4.78 is 5.61. The molecule has 0 saturated carbocycles. The van der Waals surface area contributed by atoms with Gasteiger partial charge in [0, 0.05) is 37.3 Å². The van der Waals surface area contributed by atoms with Gasteiger partial charge in [0.2, 0.25) is 0 Å². The Bertz CT molecular complexity index is 771. The summed E-state index contributed by atoms with van der Waals surface area (Å²) in [5.74, 6) is 2.39. The van der Waals surface area contributed by atoms with Crippen molar-refractivity contribution >= 4 is 5.91 Å². The van der Waals surface area contributed by atoms with Crippen molar-refractivity contribution in [2.75, 3.05) is 19.6 Å². The molecule has 0 aliphatic carbocycles. The maximum atomic E-state index is 13.1. The highest BCUT2D eigenvalue weighted by atomic mass is 16.3. The fraction of sp³-hybridized carbons (Fsp3) is 0.739. The summed E-state index contributed by atoms with van der Waals surface area (Å²) in [6.45, 7) is 9.14. The van der Waals surface area contributed by atoms with Gasteiger partial charge in [-0.05, 0) is 63.3 Å². The van der Waals surface area contributed by atoms with E-state index in [-0.39, 0.29) is 17.1 Å². The Labute approximate surface area is 168 Å². The predicted molar refractivity (Wildman–Crippen MR) is 109 cm³/mol. The number of fused-ring (bicyclic) bond motifs is 4. The Morgan fingerprint density at radius 1 is 1.21 bits per heavy atom. The average molecular weight is 387 g/mol. The zero-order chi connectivity index (χ0) is 19.8. The third kappa shape index (κ3) is 3.91. The molecule has 4 rings (SSSR count). The summed E-state index contributed by atoms with van der Waals surface area (Å²) >= 11 is 0. The van der Waals surface area contributed by atoms with Crippen LogP contribution in [0, 0.1) is 24.7 Å². The molecule has 0 aromatic carbocycles. The van der Waals surface area contributed by atoms with Crippen LogP contribution in [0.15, 0.2) is 21.3 Å². The SMILES string of the molecule is Cc1cc(=O)cc(C(=O)N2C[C@H]3C[C@@H](C2)[C@H](CCC(C)C)N2CCCC[C@@H]32)o1. The lowest BCUT2D eigenvalue weighted by molar-refractivity contribution is -0.0686. The molecular weight excluding hydrogens is 352 g/mol. The van der Waals surface area contributed by atoms with Gasteiger partial charge in [-0.2, -0.15) is 0 Å². The van der Waals surface area contributed by atoms with Crippen molar-refractivity contribution in [1.82, 2.24) is 9.80 Å². The van der Waals surface area contributed by atoms with Crippen molar-refractivity contribution in [3.63, 3.8) is 0 Å². The zero-order valence-corrected chi connectivity index (χ0v) is 17.5. The Balaban J connectivity index is 1.57. The van der Waals surface area contributed by atoms with E-state index in [0.29, 0.717) is 35.6 Å². The molecule has 1 aromatic heterocycles. The minimum Gasteiger partial charge on any atom is -0.456 e. The second-order valence-corrected chi connectivity index (χ2v) is 9.57. The molecule has 0 spiro atoms. The smallest absolute Gasteiger partial charge is 0.289 e. The van der Waals surface area contributed by atoms with Crippen LogP contribution in [0.4, 0.5) is 0 Å². The van der Waals surface area contributed by atoms with E-state index in [2.05, 4.69) is 18.7 Å². The van der Waals surface area contributed by atoms with Crippen LogP contribution >= 0.6 is 0 Å². The quantitative estimate of drug-likeness (QED) is 0.792. The molecule has 1 aromatic rings. The molecule has 0 unspecified atom stereocenters. The number of amides is 1. The molecule has 0 radical (unpaired) electrons. The summed E-state index contributed by atoms with van der Waals surface area (Å²) in [5.41, 5.74) is -0.155. The number of carbonyl (C=O) groups excluding carboxylic acids is 1. The van der Waals surface area contributed by atoms with Crippen LogP contribution in [-0.4, -0.2) is 47.4 Å². The number of aryl methyl sites for hydroxylation is 1. The number of hydrogen-bond donors (Lipinski definition) is 0. The predicted octanol–water partition coefficient (Wildman–Crippen LogP) is 3.70. The molecule has 3 aliphatic heterocycles. The number of nitrogens with zero attached hydrogens (tertiary/aromatic N) is 2. The molecule has 5 heteroatoms. The average Bonchev–Trinajstić information content (AvgIpc) is 2.66. The maximum Gasteiger partial charge on any atom is 0.289 e. The van der Waals surface area contributed by atoms with E-state index in [1.807, 2.05) is 4.90 Å². The van der Waals surface area contributed by atoms with Gasteiger partial charge in [0.15, 0.2) is 11.2 Å². The Kier molecular flexibility index (Phi) is 5.64. The minimum atomic E-state index is -0.155. The van der Waals surface area contributed by atoms with Gasteiger partial charge in [0.05, 0.1) is 0 Å². The number of hydrogen-bond acceptors (Lipinski definition) is 4. The fourth-order valence-corrected chi connectivity index (χ4v) is 5.84. The molecule has 154 valence electrons. The molecule has 5 nitrogen and oxygen atoms in total. The second kappa shape index (κ2) is 8.02. The van der Waals surface area contributed by atoms with Crippen molar-refractivity contribution in [1.29, 1.82) is 0 Å². The van der Waals surface area contributed by atoms with Crippen LogP contribution in [0.2, 0.25) is 0 Å². The molecule has 3 fully saturated rings. The number of piperidine rings is 3. The highest BCUT2D eigenvalue weighted by Gasteiger charge is 2.47. The highest BCUT2D eigenvalue weighted by Crippen LogP contribution is 2.43. The van der Waals surface area contributed by atoms with Crippen LogP contribution in [0.5, 0.6) is 0 Å². The molecule has 3 aliphatic rings. The lowest BCUT2D eigenvalue weighted by Gasteiger charge is -2.57. The fourth-order valence-electron chi connectivity index (χ4n) is 5.84. The van der Waals surface area contributed by atoms with Crippen molar-refractivity contribution in [3.05, 3.63) is 33.9 Å². The number of carbonyl (C=O) groups is 1. The second-order valence-electron chi connectivity index (χ2n) is 9.57. The Morgan fingerprint density at radius 2 is 2.00 bits per heavy atom. The van der Waals surface area contributed by atoms with Crippen molar-refractivity contribution in [3.8, 4) is 0 Å². The lowest BCUT2D eigenvalue weighted by Crippen LogP contribution is -2.64. The largest absolute Gasteiger partial charge is 0.456 e. The summed E-state index contributed by atoms with van der Waals surface area (Å²) in [6, 6.07) is 3.98. The van der Waals surface area contributed by atoms with E-state index in [4.69, 9.17) is 4.42 Å². The van der Waals surface area contributed by atoms with Gasteiger partial charge in [-0.15, -0.1) is 0 Å². The first-order chi connectivity index (χ1) is 13.4. The Hall–Kier alpha value is -1.62. The van der Waals surface area contributed by atoms with E-state index in [0.717, 1.165) is 13.1 Å². The first kappa shape index (κ1) is 19.7. The van der Waals surface area contributed by atoms with Gasteiger partial charge >= 0.3 is 0 Å². The molecule has 2 bridgehead atoms. The molecule has 3 saturated heterocycles. The topological polar surface area (TPSA) is 53.8 Å². The highest BCUT2D eigenvalue weighted by molar-refractivity contribution is 5.91. The third-order valence-corrected chi connectivity index (χ3v) is 7.05. The van der Waals surface area contributed by atoms with E-state index in [1.165, 1.54) is 57.2 Å². The molecule has 28 heavy (non-hydrogen) atoms. The molecule has 4 heterocycles. The van der Waals surface area contributed by atoms with E-state index in [1.54, 1.807) is 6.92 Å². The minimum absolute atomic E-state index is 0.109. The van der Waals surface area contributed by atoms with Crippen molar-refractivity contribution < 1.29 is 9.21 Å². The monoisotopic (exact) mass is 386 g/mol. The van der Waals surface area contributed by atoms with Crippen molar-refractivity contribution in [2.45, 2.75) is 71.4 Å². The summed E-state index contributed by atoms with van der Waals surface area (Å²) in [4.78, 5) is 29.8. The lowest BCUT2D eigenvalue weighted by atomic mass is 9.71. The van der Waals surface area contributed by atoms with Crippen LogP contribution < -0.4 is 5.43 Å². The summed E-state index contributed by atoms with van der Waals surface area (Å²) in [5, 5.41) is 0. The van der Waals surface area contributed by atoms with E-state index >= 15 is 0 Å². The first-order valence-corrected chi connectivity index (χ1v) is 11.1. The molecular formula is C23H34N2O3.